The summed E-state index contributed by atoms with van der Waals surface area (Å²) in [6.45, 7) is 7.20. The van der Waals surface area contributed by atoms with Crippen molar-refractivity contribution in [2.75, 3.05) is 12.0 Å². The van der Waals surface area contributed by atoms with Gasteiger partial charge >= 0.3 is 5.97 Å². The normalized spacial score (nSPS) is 14.6. The van der Waals surface area contributed by atoms with Gasteiger partial charge in [0.05, 0.1) is 6.04 Å². The van der Waals surface area contributed by atoms with E-state index < -0.39 is 47.9 Å². The third-order valence-corrected chi connectivity index (χ3v) is 6.18. The molecule has 0 spiro atoms. The van der Waals surface area contributed by atoms with Crippen LogP contribution in [0, 0.1) is 11.8 Å². The zero-order valence-electron chi connectivity index (χ0n) is 21.6. The molecular weight excluding hydrogens is 484 g/mol. The van der Waals surface area contributed by atoms with Crippen molar-refractivity contribution in [3.63, 3.8) is 0 Å². The van der Waals surface area contributed by atoms with Crippen molar-refractivity contribution in [1.82, 2.24) is 16.0 Å². The molecule has 0 heterocycles. The standard InChI is InChI=1S/C25H40N4O6S/c1-14(2)12-20(25(34)35)28-24(33)21(15(3)4)29-23(32)19(10-11-36-5)27-22(31)18(26)13-16-6-8-17(30)9-7-16/h6-9,14-15,18-21,30H,10-13,26H2,1-5H3,(H,27,31)(H,28,33)(H,29,32)(H,34,35). The number of thioether (sulfide) groups is 1. The molecule has 1 rings (SSSR count). The zero-order chi connectivity index (χ0) is 27.4. The van der Waals surface area contributed by atoms with Crippen molar-refractivity contribution in [1.29, 1.82) is 0 Å². The summed E-state index contributed by atoms with van der Waals surface area (Å²) in [5.41, 5.74) is 6.81. The molecule has 0 aliphatic rings. The third-order valence-electron chi connectivity index (χ3n) is 5.54. The molecule has 0 fully saturated rings. The molecule has 1 aromatic carbocycles. The summed E-state index contributed by atoms with van der Waals surface area (Å²) in [5, 5.41) is 26.8. The average molecular weight is 525 g/mol. The van der Waals surface area contributed by atoms with Crippen LogP contribution in [-0.2, 0) is 25.6 Å². The molecular formula is C25H40N4O6S. The maximum atomic E-state index is 13.1. The molecule has 0 aliphatic carbocycles. The van der Waals surface area contributed by atoms with Crippen molar-refractivity contribution < 1.29 is 29.4 Å². The second-order valence-corrected chi connectivity index (χ2v) is 10.6. The predicted molar refractivity (Wildman–Crippen MR) is 141 cm³/mol. The van der Waals surface area contributed by atoms with Gasteiger partial charge in [0.25, 0.3) is 0 Å². The van der Waals surface area contributed by atoms with Gasteiger partial charge in [0.1, 0.15) is 23.9 Å². The number of aliphatic carboxylic acids is 1. The lowest BCUT2D eigenvalue weighted by Gasteiger charge is -2.27. The number of carbonyl (C=O) groups excluding carboxylic acids is 3. The molecule has 36 heavy (non-hydrogen) atoms. The summed E-state index contributed by atoms with van der Waals surface area (Å²) in [5.74, 6) is -2.38. The van der Waals surface area contributed by atoms with Gasteiger partial charge in [-0.05, 0) is 60.8 Å². The van der Waals surface area contributed by atoms with Crippen LogP contribution in [0.15, 0.2) is 24.3 Å². The smallest absolute Gasteiger partial charge is 0.326 e. The molecule has 0 radical (unpaired) electrons. The highest BCUT2D eigenvalue weighted by Gasteiger charge is 2.32. The molecule has 11 heteroatoms. The largest absolute Gasteiger partial charge is 0.508 e. The van der Waals surface area contributed by atoms with E-state index in [1.54, 1.807) is 26.0 Å². The van der Waals surface area contributed by atoms with Gasteiger partial charge in [-0.1, -0.05) is 39.8 Å². The molecule has 1 aromatic rings. The average Bonchev–Trinajstić information content (AvgIpc) is 2.80. The van der Waals surface area contributed by atoms with Gasteiger partial charge in [0.15, 0.2) is 0 Å². The number of aromatic hydroxyl groups is 1. The number of phenolic OH excluding ortho intramolecular Hbond substituents is 1. The van der Waals surface area contributed by atoms with E-state index in [-0.39, 0.29) is 30.4 Å². The van der Waals surface area contributed by atoms with E-state index in [0.29, 0.717) is 12.2 Å². The van der Waals surface area contributed by atoms with Crippen LogP contribution in [0.1, 0.15) is 46.1 Å². The fourth-order valence-corrected chi connectivity index (χ4v) is 3.98. The Morgan fingerprint density at radius 1 is 0.917 bits per heavy atom. The lowest BCUT2D eigenvalue weighted by molar-refractivity contribution is -0.143. The molecule has 0 saturated heterocycles. The first kappa shape index (κ1) is 31.2. The zero-order valence-corrected chi connectivity index (χ0v) is 22.4. The van der Waals surface area contributed by atoms with E-state index in [0.717, 1.165) is 5.56 Å². The van der Waals surface area contributed by atoms with Crippen LogP contribution in [0.5, 0.6) is 5.75 Å². The van der Waals surface area contributed by atoms with E-state index in [1.807, 2.05) is 20.1 Å². The highest BCUT2D eigenvalue weighted by molar-refractivity contribution is 7.98. The lowest BCUT2D eigenvalue weighted by atomic mass is 10.00. The number of carboxylic acid groups (broad SMARTS) is 1. The maximum Gasteiger partial charge on any atom is 0.326 e. The molecule has 0 aliphatic heterocycles. The Morgan fingerprint density at radius 2 is 1.50 bits per heavy atom. The quantitative estimate of drug-likeness (QED) is 0.199. The van der Waals surface area contributed by atoms with Gasteiger partial charge in [0, 0.05) is 0 Å². The van der Waals surface area contributed by atoms with Crippen molar-refractivity contribution in [2.45, 2.75) is 71.1 Å². The molecule has 3 amide bonds. The Morgan fingerprint density at radius 3 is 2.00 bits per heavy atom. The van der Waals surface area contributed by atoms with Crippen LogP contribution in [0.3, 0.4) is 0 Å². The molecule has 0 aromatic heterocycles. The first-order chi connectivity index (χ1) is 16.8. The maximum absolute atomic E-state index is 13.1. The minimum absolute atomic E-state index is 0.0513. The summed E-state index contributed by atoms with van der Waals surface area (Å²) in [6.07, 6.45) is 2.66. The SMILES string of the molecule is CSCCC(NC(=O)C(N)Cc1ccc(O)cc1)C(=O)NC(C(=O)NC(CC(C)C)C(=O)O)C(C)C. The molecule has 7 N–H and O–H groups in total. The van der Waals surface area contributed by atoms with Crippen molar-refractivity contribution in [3.05, 3.63) is 29.8 Å². The van der Waals surface area contributed by atoms with Crippen LogP contribution < -0.4 is 21.7 Å². The first-order valence-corrected chi connectivity index (χ1v) is 13.4. The predicted octanol–water partition coefficient (Wildman–Crippen LogP) is 1.26. The van der Waals surface area contributed by atoms with Crippen LogP contribution >= 0.6 is 11.8 Å². The first-order valence-electron chi connectivity index (χ1n) is 12.0. The summed E-state index contributed by atoms with van der Waals surface area (Å²) in [7, 11) is 0. The third kappa shape index (κ3) is 10.9. The molecule has 10 nitrogen and oxygen atoms in total. The Balaban J connectivity index is 2.91. The number of rotatable bonds is 15. The topological polar surface area (TPSA) is 171 Å². The molecule has 202 valence electrons. The lowest BCUT2D eigenvalue weighted by Crippen LogP contribution is -2.58. The molecule has 4 atom stereocenters. The number of benzene rings is 1. The van der Waals surface area contributed by atoms with Gasteiger partial charge in [0.2, 0.25) is 17.7 Å². The fraction of sp³-hybridized carbons (Fsp3) is 0.600. The van der Waals surface area contributed by atoms with E-state index >= 15 is 0 Å². The second-order valence-electron chi connectivity index (χ2n) is 9.58. The fourth-order valence-electron chi connectivity index (χ4n) is 3.51. The Labute approximate surface area is 217 Å². The van der Waals surface area contributed by atoms with Gasteiger partial charge in [-0.15, -0.1) is 0 Å². The van der Waals surface area contributed by atoms with Crippen LogP contribution in [0.2, 0.25) is 0 Å². The number of phenols is 1. The van der Waals surface area contributed by atoms with Gasteiger partial charge in [-0.25, -0.2) is 4.79 Å². The minimum Gasteiger partial charge on any atom is -0.508 e. The number of hydrogen-bond acceptors (Lipinski definition) is 7. The number of nitrogens with one attached hydrogen (secondary N) is 3. The van der Waals surface area contributed by atoms with Crippen molar-refractivity contribution in [2.24, 2.45) is 17.6 Å². The van der Waals surface area contributed by atoms with Gasteiger partial charge in [-0.2, -0.15) is 11.8 Å². The van der Waals surface area contributed by atoms with Crippen molar-refractivity contribution >= 4 is 35.5 Å². The number of carboxylic acids is 1. The van der Waals surface area contributed by atoms with E-state index in [4.69, 9.17) is 5.73 Å². The van der Waals surface area contributed by atoms with Crippen LogP contribution in [-0.4, -0.2) is 70.1 Å². The van der Waals surface area contributed by atoms with Crippen LogP contribution in [0.4, 0.5) is 0 Å². The summed E-state index contributed by atoms with van der Waals surface area (Å²) < 4.78 is 0. The highest BCUT2D eigenvalue weighted by atomic mass is 32.2. The summed E-state index contributed by atoms with van der Waals surface area (Å²) in [6, 6.07) is 2.44. The monoisotopic (exact) mass is 524 g/mol. The van der Waals surface area contributed by atoms with E-state index in [1.165, 1.54) is 23.9 Å². The van der Waals surface area contributed by atoms with Gasteiger partial charge in [-0.3, -0.25) is 14.4 Å². The summed E-state index contributed by atoms with van der Waals surface area (Å²) in [4.78, 5) is 50.3. The highest BCUT2D eigenvalue weighted by Crippen LogP contribution is 2.12. The van der Waals surface area contributed by atoms with Crippen LogP contribution in [0.25, 0.3) is 0 Å². The molecule has 4 unspecified atom stereocenters. The minimum atomic E-state index is -1.14. The summed E-state index contributed by atoms with van der Waals surface area (Å²) >= 11 is 1.50. The van der Waals surface area contributed by atoms with Gasteiger partial charge < -0.3 is 31.9 Å². The number of amides is 3. The second kappa shape index (κ2) is 15.4. The number of carbonyl (C=O) groups is 4. The number of hydrogen-bond donors (Lipinski definition) is 6. The van der Waals surface area contributed by atoms with E-state index in [9.17, 15) is 29.4 Å². The molecule has 0 saturated carbocycles. The Hall–Kier alpha value is -2.79. The Bertz CT molecular complexity index is 878. The van der Waals surface area contributed by atoms with Crippen molar-refractivity contribution in [3.8, 4) is 5.75 Å². The molecule has 0 bridgehead atoms. The number of nitrogens with two attached hydrogens (primary N) is 1. The Kier molecular flexibility index (Phi) is 13.3. The van der Waals surface area contributed by atoms with E-state index in [2.05, 4.69) is 16.0 Å².